The van der Waals surface area contributed by atoms with Crippen LogP contribution >= 0.6 is 11.6 Å². The molecule has 0 atom stereocenters. The van der Waals surface area contributed by atoms with Crippen molar-refractivity contribution in [3.05, 3.63) is 34.9 Å². The third-order valence-electron chi connectivity index (χ3n) is 2.06. The number of halogens is 1. The lowest BCUT2D eigenvalue weighted by Crippen LogP contribution is -2.46. The Labute approximate surface area is 97.9 Å². The third-order valence-corrected chi connectivity index (χ3v) is 2.29. The van der Waals surface area contributed by atoms with Crippen molar-refractivity contribution in [1.29, 1.82) is 0 Å². The summed E-state index contributed by atoms with van der Waals surface area (Å²) < 4.78 is 0. The fourth-order valence-electron chi connectivity index (χ4n) is 1.30. The van der Waals surface area contributed by atoms with Crippen molar-refractivity contribution in [2.75, 3.05) is 13.1 Å². The number of nitrogens with one attached hydrogen (secondary N) is 3. The number of rotatable bonds is 1. The van der Waals surface area contributed by atoms with E-state index >= 15 is 0 Å². The number of amides is 1. The molecular weight excluding hydrogens is 228 g/mol. The average Bonchev–Trinajstić information content (AvgIpc) is 2.78. The monoisotopic (exact) mass is 238 g/mol. The zero-order valence-electron chi connectivity index (χ0n) is 8.46. The molecule has 16 heavy (non-hydrogen) atoms. The molecule has 1 aliphatic heterocycles. The predicted molar refractivity (Wildman–Crippen MR) is 62.4 cm³/mol. The Hall–Kier alpha value is -1.75. The van der Waals surface area contributed by atoms with Crippen molar-refractivity contribution in [2.24, 2.45) is 4.99 Å². The molecule has 0 unspecified atom stereocenters. The second-order valence-electron chi connectivity index (χ2n) is 3.25. The molecule has 0 radical (unpaired) electrons. The lowest BCUT2D eigenvalue weighted by molar-refractivity contribution is 0.0943. The van der Waals surface area contributed by atoms with Crippen LogP contribution in [0.4, 0.5) is 0 Å². The van der Waals surface area contributed by atoms with E-state index in [0.717, 1.165) is 13.1 Å². The number of hydrazine groups is 1. The molecule has 0 saturated carbocycles. The molecule has 1 aromatic rings. The highest BCUT2D eigenvalue weighted by Gasteiger charge is 2.08. The summed E-state index contributed by atoms with van der Waals surface area (Å²) in [5.41, 5.74) is 5.72. The lowest BCUT2D eigenvalue weighted by Gasteiger charge is -2.08. The van der Waals surface area contributed by atoms with E-state index < -0.39 is 0 Å². The molecule has 0 spiro atoms. The smallest absolute Gasteiger partial charge is 0.269 e. The number of hydrogen-bond acceptors (Lipinski definition) is 4. The van der Waals surface area contributed by atoms with Crippen LogP contribution in [0, 0.1) is 0 Å². The van der Waals surface area contributed by atoms with Gasteiger partial charge in [0.25, 0.3) is 5.91 Å². The van der Waals surface area contributed by atoms with Crippen LogP contribution in [0.2, 0.25) is 5.02 Å². The summed E-state index contributed by atoms with van der Waals surface area (Å²) >= 11 is 5.78. The second kappa shape index (κ2) is 4.85. The fraction of sp³-hybridized carbons (Fsp3) is 0.200. The van der Waals surface area contributed by atoms with Crippen LogP contribution in [0.15, 0.2) is 29.3 Å². The molecule has 1 heterocycles. The zero-order valence-corrected chi connectivity index (χ0v) is 9.21. The molecule has 0 fully saturated rings. The molecule has 3 N–H and O–H groups in total. The highest BCUT2D eigenvalue weighted by atomic mass is 35.5. The molecule has 1 aromatic carbocycles. The predicted octanol–water partition coefficient (Wildman–Crippen LogP) is 0.534. The Balaban J connectivity index is 1.92. The molecule has 0 aliphatic carbocycles. The molecule has 2 rings (SSSR count). The minimum atomic E-state index is -0.251. The van der Waals surface area contributed by atoms with E-state index in [-0.39, 0.29) is 5.91 Å². The number of benzene rings is 1. The van der Waals surface area contributed by atoms with Crippen molar-refractivity contribution < 1.29 is 4.79 Å². The van der Waals surface area contributed by atoms with E-state index in [2.05, 4.69) is 21.2 Å². The van der Waals surface area contributed by atoms with Gasteiger partial charge in [0.1, 0.15) is 0 Å². The number of hydrogen-bond donors (Lipinski definition) is 3. The van der Waals surface area contributed by atoms with Gasteiger partial charge in [0.05, 0.1) is 6.54 Å². The Morgan fingerprint density at radius 1 is 1.50 bits per heavy atom. The van der Waals surface area contributed by atoms with E-state index in [1.54, 1.807) is 24.3 Å². The first-order valence-electron chi connectivity index (χ1n) is 4.86. The van der Waals surface area contributed by atoms with Gasteiger partial charge in [0.15, 0.2) is 0 Å². The van der Waals surface area contributed by atoms with Crippen molar-refractivity contribution >= 4 is 23.5 Å². The first-order chi connectivity index (χ1) is 7.75. The van der Waals surface area contributed by atoms with Crippen LogP contribution in [0.3, 0.4) is 0 Å². The largest absolute Gasteiger partial charge is 0.353 e. The quantitative estimate of drug-likeness (QED) is 0.626. The maximum absolute atomic E-state index is 11.6. The minimum absolute atomic E-state index is 0.251. The average molecular weight is 239 g/mol. The number of carbonyl (C=O) groups excluding carboxylic acids is 1. The fourth-order valence-corrected chi connectivity index (χ4v) is 1.49. The highest BCUT2D eigenvalue weighted by molar-refractivity contribution is 6.30. The summed E-state index contributed by atoms with van der Waals surface area (Å²) in [5.74, 6) is 0.328. The van der Waals surface area contributed by atoms with Gasteiger partial charge in [-0.1, -0.05) is 17.7 Å². The second-order valence-corrected chi connectivity index (χ2v) is 3.68. The number of aliphatic imine (C=N–C) groups is 1. The minimum Gasteiger partial charge on any atom is -0.353 e. The van der Waals surface area contributed by atoms with Crippen LogP contribution in [0.25, 0.3) is 0 Å². The number of carbonyl (C=O) groups is 1. The van der Waals surface area contributed by atoms with Crippen LogP contribution < -0.4 is 16.2 Å². The van der Waals surface area contributed by atoms with Crippen LogP contribution in [-0.2, 0) is 0 Å². The van der Waals surface area contributed by atoms with Gasteiger partial charge in [-0.15, -0.1) is 0 Å². The summed E-state index contributed by atoms with van der Waals surface area (Å²) in [7, 11) is 0. The Morgan fingerprint density at radius 2 is 2.38 bits per heavy atom. The van der Waals surface area contributed by atoms with Crippen LogP contribution in [0.1, 0.15) is 10.4 Å². The van der Waals surface area contributed by atoms with Gasteiger partial charge in [0.2, 0.25) is 5.96 Å². The van der Waals surface area contributed by atoms with Gasteiger partial charge in [-0.05, 0) is 18.2 Å². The van der Waals surface area contributed by atoms with Gasteiger partial charge < -0.3 is 5.32 Å². The molecule has 1 amide bonds. The Kier molecular flexibility index (Phi) is 3.26. The van der Waals surface area contributed by atoms with E-state index in [1.165, 1.54) is 0 Å². The van der Waals surface area contributed by atoms with Gasteiger partial charge >= 0.3 is 0 Å². The van der Waals surface area contributed by atoms with E-state index in [0.29, 0.717) is 16.5 Å². The zero-order chi connectivity index (χ0) is 11.4. The number of nitrogens with zero attached hydrogens (tertiary/aromatic N) is 1. The normalized spacial score (nSPS) is 13.9. The Morgan fingerprint density at radius 3 is 3.06 bits per heavy atom. The van der Waals surface area contributed by atoms with Crippen molar-refractivity contribution in [3.63, 3.8) is 0 Å². The van der Waals surface area contributed by atoms with Crippen LogP contribution in [0.5, 0.6) is 0 Å². The summed E-state index contributed by atoms with van der Waals surface area (Å²) in [5, 5.41) is 3.50. The Bertz CT molecular complexity index is 433. The maximum Gasteiger partial charge on any atom is 0.269 e. The highest BCUT2D eigenvalue weighted by Crippen LogP contribution is 2.09. The maximum atomic E-state index is 11.6. The molecule has 6 heteroatoms. The molecule has 0 saturated heterocycles. The van der Waals surface area contributed by atoms with Gasteiger partial charge in [-0.25, -0.2) is 0 Å². The summed E-state index contributed by atoms with van der Waals surface area (Å²) in [6.07, 6.45) is 0. The summed E-state index contributed by atoms with van der Waals surface area (Å²) in [6.45, 7) is 1.50. The van der Waals surface area contributed by atoms with Crippen LogP contribution in [-0.4, -0.2) is 25.0 Å². The third kappa shape index (κ3) is 2.64. The molecule has 1 aliphatic rings. The first-order valence-corrected chi connectivity index (χ1v) is 5.24. The summed E-state index contributed by atoms with van der Waals surface area (Å²) in [6, 6.07) is 6.73. The molecule has 0 aromatic heterocycles. The molecular formula is C10H11ClN4O. The molecule has 84 valence electrons. The van der Waals surface area contributed by atoms with E-state index in [9.17, 15) is 4.79 Å². The van der Waals surface area contributed by atoms with E-state index in [1.807, 2.05) is 0 Å². The lowest BCUT2D eigenvalue weighted by atomic mass is 10.2. The summed E-state index contributed by atoms with van der Waals surface area (Å²) in [4.78, 5) is 15.7. The van der Waals surface area contributed by atoms with Gasteiger partial charge in [0, 0.05) is 17.1 Å². The van der Waals surface area contributed by atoms with Crippen molar-refractivity contribution in [2.45, 2.75) is 0 Å². The van der Waals surface area contributed by atoms with E-state index in [4.69, 9.17) is 11.6 Å². The number of guanidine groups is 1. The topological polar surface area (TPSA) is 65.5 Å². The van der Waals surface area contributed by atoms with Gasteiger partial charge in [-0.3, -0.25) is 20.6 Å². The van der Waals surface area contributed by atoms with Gasteiger partial charge in [-0.2, -0.15) is 0 Å². The first kappa shape index (κ1) is 10.8. The molecule has 5 nitrogen and oxygen atoms in total. The molecule has 0 bridgehead atoms. The van der Waals surface area contributed by atoms with Crippen molar-refractivity contribution in [1.82, 2.24) is 16.2 Å². The standard InChI is InChI=1S/C10H11ClN4O/c11-8-3-1-2-7(6-8)9(16)14-15-10-12-4-5-13-10/h1-3,6H,4-5H2,(H,14,16)(H2,12,13,15). The van der Waals surface area contributed by atoms with Crippen molar-refractivity contribution in [3.8, 4) is 0 Å². The SMILES string of the molecule is O=C(NNC1=NCCN1)c1cccc(Cl)c1.